The van der Waals surface area contributed by atoms with Crippen LogP contribution in [0.3, 0.4) is 0 Å². The first-order chi connectivity index (χ1) is 8.24. The standard InChI is InChI=1S/C13H14F2N2/c14-13(15)17-6-5-10-2-1-9(7-12(10)17)8-16-11-3-4-11/h1-2,5-7,11,13,16H,3-4,8H2. The molecule has 1 heterocycles. The number of rotatable bonds is 4. The summed E-state index contributed by atoms with van der Waals surface area (Å²) in [7, 11) is 0. The molecule has 0 bridgehead atoms. The van der Waals surface area contributed by atoms with Crippen LogP contribution in [0.4, 0.5) is 8.78 Å². The second kappa shape index (κ2) is 4.11. The van der Waals surface area contributed by atoms with Crippen molar-refractivity contribution in [1.82, 2.24) is 9.88 Å². The highest BCUT2D eigenvalue weighted by Gasteiger charge is 2.20. The van der Waals surface area contributed by atoms with Gasteiger partial charge in [-0.2, -0.15) is 8.78 Å². The molecular formula is C13H14F2N2. The number of nitrogens with zero attached hydrogens (tertiary/aromatic N) is 1. The van der Waals surface area contributed by atoms with Gasteiger partial charge in [-0.15, -0.1) is 0 Å². The molecule has 1 aromatic carbocycles. The molecule has 0 amide bonds. The first kappa shape index (κ1) is 10.7. The van der Waals surface area contributed by atoms with E-state index >= 15 is 0 Å². The average Bonchev–Trinajstić information content (AvgIpc) is 3.04. The van der Waals surface area contributed by atoms with Gasteiger partial charge in [-0.05, 0) is 35.9 Å². The van der Waals surface area contributed by atoms with Crippen molar-refractivity contribution < 1.29 is 8.78 Å². The van der Waals surface area contributed by atoms with Crippen LogP contribution >= 0.6 is 0 Å². The predicted octanol–water partition coefficient (Wildman–Crippen LogP) is 3.29. The van der Waals surface area contributed by atoms with Crippen LogP contribution in [0.15, 0.2) is 30.5 Å². The van der Waals surface area contributed by atoms with E-state index in [9.17, 15) is 8.78 Å². The van der Waals surface area contributed by atoms with Crippen molar-refractivity contribution in [1.29, 1.82) is 0 Å². The van der Waals surface area contributed by atoms with Crippen LogP contribution in [0.5, 0.6) is 0 Å². The minimum Gasteiger partial charge on any atom is -0.310 e. The molecule has 2 nitrogen and oxygen atoms in total. The zero-order valence-corrected chi connectivity index (χ0v) is 9.37. The topological polar surface area (TPSA) is 17.0 Å². The molecule has 0 saturated heterocycles. The van der Waals surface area contributed by atoms with Gasteiger partial charge < -0.3 is 5.32 Å². The van der Waals surface area contributed by atoms with Gasteiger partial charge in [-0.25, -0.2) is 0 Å². The van der Waals surface area contributed by atoms with E-state index in [1.807, 2.05) is 18.2 Å². The molecule has 2 aromatic rings. The Morgan fingerprint density at radius 2 is 2.12 bits per heavy atom. The zero-order valence-electron chi connectivity index (χ0n) is 9.37. The van der Waals surface area contributed by atoms with Crippen LogP contribution < -0.4 is 5.32 Å². The monoisotopic (exact) mass is 236 g/mol. The predicted molar refractivity (Wildman–Crippen MR) is 63.1 cm³/mol. The Kier molecular flexibility index (Phi) is 2.59. The highest BCUT2D eigenvalue weighted by Crippen LogP contribution is 2.24. The van der Waals surface area contributed by atoms with E-state index in [-0.39, 0.29) is 0 Å². The van der Waals surface area contributed by atoms with Crippen molar-refractivity contribution >= 4 is 10.9 Å². The van der Waals surface area contributed by atoms with Crippen molar-refractivity contribution in [3.05, 3.63) is 36.0 Å². The van der Waals surface area contributed by atoms with Crippen molar-refractivity contribution in [3.8, 4) is 0 Å². The summed E-state index contributed by atoms with van der Waals surface area (Å²) in [6.07, 6.45) is 3.90. The maximum Gasteiger partial charge on any atom is 0.319 e. The molecule has 90 valence electrons. The fourth-order valence-corrected chi connectivity index (χ4v) is 2.02. The number of nitrogens with one attached hydrogen (secondary N) is 1. The normalized spacial score (nSPS) is 15.9. The molecule has 17 heavy (non-hydrogen) atoms. The summed E-state index contributed by atoms with van der Waals surface area (Å²) in [5, 5.41) is 4.24. The maximum absolute atomic E-state index is 12.7. The van der Waals surface area contributed by atoms with Crippen molar-refractivity contribution in [2.45, 2.75) is 32.0 Å². The molecule has 0 aliphatic heterocycles. The number of hydrogen-bond donors (Lipinski definition) is 1. The number of halogens is 2. The lowest BCUT2D eigenvalue weighted by Crippen LogP contribution is -2.15. The zero-order chi connectivity index (χ0) is 11.8. The third kappa shape index (κ3) is 2.17. The smallest absolute Gasteiger partial charge is 0.310 e. The van der Waals surface area contributed by atoms with E-state index in [4.69, 9.17) is 0 Å². The Hall–Kier alpha value is -1.42. The maximum atomic E-state index is 12.7. The van der Waals surface area contributed by atoms with Gasteiger partial charge in [0.05, 0.1) is 5.52 Å². The summed E-state index contributed by atoms with van der Waals surface area (Å²) in [5.74, 6) is 0. The van der Waals surface area contributed by atoms with Gasteiger partial charge in [0.2, 0.25) is 0 Å². The summed E-state index contributed by atoms with van der Waals surface area (Å²) in [6, 6.07) is 8.09. The number of aromatic nitrogens is 1. The van der Waals surface area contributed by atoms with Crippen LogP contribution in [0.1, 0.15) is 25.0 Å². The quantitative estimate of drug-likeness (QED) is 0.862. The number of fused-ring (bicyclic) bond motifs is 1. The lowest BCUT2D eigenvalue weighted by Gasteiger charge is -2.06. The summed E-state index contributed by atoms with van der Waals surface area (Å²) in [6.45, 7) is -1.71. The second-order valence-corrected chi connectivity index (χ2v) is 4.55. The van der Waals surface area contributed by atoms with E-state index in [0.29, 0.717) is 11.6 Å². The lowest BCUT2D eigenvalue weighted by atomic mass is 10.1. The van der Waals surface area contributed by atoms with Crippen LogP contribution in [0.25, 0.3) is 10.9 Å². The summed E-state index contributed by atoms with van der Waals surface area (Å²) in [5.41, 5.74) is 1.67. The number of alkyl halides is 2. The number of hydrogen-bond acceptors (Lipinski definition) is 1. The molecular weight excluding hydrogens is 222 g/mol. The average molecular weight is 236 g/mol. The Morgan fingerprint density at radius 3 is 2.82 bits per heavy atom. The van der Waals surface area contributed by atoms with Crippen LogP contribution in [-0.4, -0.2) is 10.6 Å². The summed E-state index contributed by atoms with van der Waals surface area (Å²) < 4.78 is 26.5. The Balaban J connectivity index is 1.89. The molecule has 0 unspecified atom stereocenters. The summed E-state index contributed by atoms with van der Waals surface area (Å²) >= 11 is 0. The fourth-order valence-electron chi connectivity index (χ4n) is 2.02. The van der Waals surface area contributed by atoms with E-state index < -0.39 is 6.55 Å². The first-order valence-electron chi connectivity index (χ1n) is 5.85. The SMILES string of the molecule is FC(F)n1ccc2ccc(CNC3CC3)cc21. The molecule has 0 spiro atoms. The minimum absolute atomic E-state index is 0.607. The highest BCUT2D eigenvalue weighted by molar-refractivity contribution is 5.80. The van der Waals surface area contributed by atoms with E-state index in [0.717, 1.165) is 22.1 Å². The molecule has 0 atom stereocenters. The van der Waals surface area contributed by atoms with Gasteiger partial charge in [0.1, 0.15) is 0 Å². The molecule has 3 rings (SSSR count). The Morgan fingerprint density at radius 1 is 1.29 bits per heavy atom. The molecule has 0 radical (unpaired) electrons. The van der Waals surface area contributed by atoms with Crippen molar-refractivity contribution in [2.24, 2.45) is 0 Å². The van der Waals surface area contributed by atoms with Crippen molar-refractivity contribution in [2.75, 3.05) is 0 Å². The van der Waals surface area contributed by atoms with Crippen molar-refractivity contribution in [3.63, 3.8) is 0 Å². The third-order valence-electron chi connectivity index (χ3n) is 3.17. The minimum atomic E-state index is -2.47. The van der Waals surface area contributed by atoms with Gasteiger partial charge >= 0.3 is 6.55 Å². The Labute approximate surface area is 98.2 Å². The van der Waals surface area contributed by atoms with E-state index in [1.54, 1.807) is 6.07 Å². The van der Waals surface area contributed by atoms with Crippen LogP contribution in [0, 0.1) is 0 Å². The van der Waals surface area contributed by atoms with Crippen LogP contribution in [-0.2, 0) is 6.54 Å². The molecule has 1 fully saturated rings. The highest BCUT2D eigenvalue weighted by atomic mass is 19.3. The Bertz CT molecular complexity index is 529. The third-order valence-corrected chi connectivity index (χ3v) is 3.17. The summed E-state index contributed by atoms with van der Waals surface area (Å²) in [4.78, 5) is 0. The lowest BCUT2D eigenvalue weighted by molar-refractivity contribution is 0.0752. The second-order valence-electron chi connectivity index (χ2n) is 4.55. The molecule has 1 N–H and O–H groups in total. The van der Waals surface area contributed by atoms with E-state index in [1.165, 1.54) is 19.0 Å². The largest absolute Gasteiger partial charge is 0.319 e. The van der Waals surface area contributed by atoms with Gasteiger partial charge in [0.15, 0.2) is 0 Å². The molecule has 1 aliphatic carbocycles. The van der Waals surface area contributed by atoms with Crippen LogP contribution in [0.2, 0.25) is 0 Å². The molecule has 1 saturated carbocycles. The number of benzene rings is 1. The van der Waals surface area contributed by atoms with Gasteiger partial charge in [0, 0.05) is 18.8 Å². The molecule has 1 aromatic heterocycles. The fraction of sp³-hybridized carbons (Fsp3) is 0.385. The first-order valence-corrected chi connectivity index (χ1v) is 5.85. The van der Waals surface area contributed by atoms with E-state index in [2.05, 4.69) is 5.32 Å². The van der Waals surface area contributed by atoms with Gasteiger partial charge in [-0.1, -0.05) is 12.1 Å². The van der Waals surface area contributed by atoms with Gasteiger partial charge in [-0.3, -0.25) is 4.57 Å². The molecule has 1 aliphatic rings. The molecule has 4 heteroatoms. The van der Waals surface area contributed by atoms with Gasteiger partial charge in [0.25, 0.3) is 0 Å².